The average molecular weight is 242 g/mol. The summed E-state index contributed by atoms with van der Waals surface area (Å²) in [6.07, 6.45) is 0. The van der Waals surface area contributed by atoms with Crippen molar-refractivity contribution in [3.63, 3.8) is 0 Å². The summed E-state index contributed by atoms with van der Waals surface area (Å²) in [5.41, 5.74) is 1.66. The summed E-state index contributed by atoms with van der Waals surface area (Å²) >= 11 is 0. The smallest absolute Gasteiger partial charge is 0.115 e. The molecule has 0 saturated carbocycles. The lowest BCUT2D eigenvalue weighted by atomic mass is 9.88. The summed E-state index contributed by atoms with van der Waals surface area (Å²) in [6, 6.07) is 17.3. The molecule has 0 amide bonds. The zero-order valence-corrected chi connectivity index (χ0v) is 10.8. The second kappa shape index (κ2) is 5.23. The molecule has 0 aliphatic heterocycles. The molecule has 1 unspecified atom stereocenters. The summed E-state index contributed by atoms with van der Waals surface area (Å²) in [5, 5.41) is 9.38. The van der Waals surface area contributed by atoms with Crippen LogP contribution in [0.4, 0.5) is 0 Å². The van der Waals surface area contributed by atoms with E-state index in [1.165, 1.54) is 0 Å². The van der Waals surface area contributed by atoms with E-state index >= 15 is 0 Å². The molecule has 2 aromatic carbocycles. The van der Waals surface area contributed by atoms with Gasteiger partial charge in [-0.2, -0.15) is 0 Å². The number of hydrogen-bond acceptors (Lipinski definition) is 2. The van der Waals surface area contributed by atoms with Crippen molar-refractivity contribution in [1.82, 2.24) is 0 Å². The van der Waals surface area contributed by atoms with Gasteiger partial charge in [0.05, 0.1) is 0 Å². The maximum atomic E-state index is 9.38. The van der Waals surface area contributed by atoms with Gasteiger partial charge in [-0.1, -0.05) is 42.5 Å². The van der Waals surface area contributed by atoms with Gasteiger partial charge in [0, 0.05) is 6.61 Å². The van der Waals surface area contributed by atoms with Crippen molar-refractivity contribution in [1.29, 1.82) is 0 Å². The Balaban J connectivity index is 2.47. The molecule has 0 aromatic heterocycles. The first-order chi connectivity index (χ1) is 8.66. The Kier molecular flexibility index (Phi) is 3.68. The van der Waals surface area contributed by atoms with Crippen molar-refractivity contribution in [2.75, 3.05) is 6.61 Å². The maximum Gasteiger partial charge on any atom is 0.115 e. The largest absolute Gasteiger partial charge is 0.508 e. The Morgan fingerprint density at radius 2 is 1.50 bits per heavy atom. The van der Waals surface area contributed by atoms with Crippen LogP contribution in [0.15, 0.2) is 54.6 Å². The Morgan fingerprint density at radius 1 is 0.944 bits per heavy atom. The molecule has 1 atom stereocenters. The quantitative estimate of drug-likeness (QED) is 0.886. The van der Waals surface area contributed by atoms with E-state index in [1.54, 1.807) is 12.1 Å². The van der Waals surface area contributed by atoms with Gasteiger partial charge in [-0.15, -0.1) is 0 Å². The van der Waals surface area contributed by atoms with E-state index in [-0.39, 0.29) is 5.75 Å². The number of rotatable bonds is 4. The molecule has 1 N–H and O–H groups in total. The molecule has 0 radical (unpaired) electrons. The normalized spacial score (nSPS) is 14.1. The Bertz CT molecular complexity index is 490. The van der Waals surface area contributed by atoms with Gasteiger partial charge in [-0.25, -0.2) is 0 Å². The van der Waals surface area contributed by atoms with Gasteiger partial charge in [-0.05, 0) is 37.1 Å². The van der Waals surface area contributed by atoms with Gasteiger partial charge < -0.3 is 9.84 Å². The average Bonchev–Trinajstić information content (AvgIpc) is 2.40. The summed E-state index contributed by atoms with van der Waals surface area (Å²) < 4.78 is 5.96. The molecule has 2 rings (SSSR count). The third kappa shape index (κ3) is 2.39. The highest BCUT2D eigenvalue weighted by molar-refractivity contribution is 5.38. The standard InChI is InChI=1S/C16H18O2/c1-3-18-16(2,13-7-5-4-6-8-13)14-9-11-15(17)12-10-14/h4-12,17H,3H2,1-2H3. The van der Waals surface area contributed by atoms with Crippen molar-refractivity contribution in [3.8, 4) is 5.75 Å². The summed E-state index contributed by atoms with van der Waals surface area (Å²) in [5.74, 6) is 0.269. The molecule has 0 fully saturated rings. The van der Waals surface area contributed by atoms with E-state index in [0.717, 1.165) is 11.1 Å². The molecule has 0 aliphatic rings. The predicted octanol–water partition coefficient (Wildman–Crippen LogP) is 3.69. The molecule has 2 nitrogen and oxygen atoms in total. The first-order valence-corrected chi connectivity index (χ1v) is 6.16. The van der Waals surface area contributed by atoms with Crippen LogP contribution < -0.4 is 0 Å². The zero-order valence-electron chi connectivity index (χ0n) is 10.8. The third-order valence-electron chi connectivity index (χ3n) is 3.18. The minimum Gasteiger partial charge on any atom is -0.508 e. The molecule has 2 aromatic rings. The van der Waals surface area contributed by atoms with Gasteiger partial charge in [-0.3, -0.25) is 0 Å². The minimum absolute atomic E-state index is 0.269. The van der Waals surface area contributed by atoms with Crippen LogP contribution in [0, 0.1) is 0 Å². The number of phenols is 1. The van der Waals surface area contributed by atoms with Gasteiger partial charge in [0.2, 0.25) is 0 Å². The zero-order chi connectivity index (χ0) is 13.0. The molecule has 2 heteroatoms. The first-order valence-electron chi connectivity index (χ1n) is 6.16. The lowest BCUT2D eigenvalue weighted by molar-refractivity contribution is 0.00402. The lowest BCUT2D eigenvalue weighted by Gasteiger charge is -2.30. The van der Waals surface area contributed by atoms with Crippen LogP contribution in [-0.4, -0.2) is 11.7 Å². The molecule has 94 valence electrons. The van der Waals surface area contributed by atoms with Crippen LogP contribution in [0.3, 0.4) is 0 Å². The Labute approximate surface area is 108 Å². The SMILES string of the molecule is CCOC(C)(c1ccccc1)c1ccc(O)cc1. The molecule has 0 bridgehead atoms. The fourth-order valence-corrected chi connectivity index (χ4v) is 2.16. The third-order valence-corrected chi connectivity index (χ3v) is 3.18. The van der Waals surface area contributed by atoms with Crippen LogP contribution in [0.25, 0.3) is 0 Å². The second-order valence-electron chi connectivity index (χ2n) is 4.38. The predicted molar refractivity (Wildman–Crippen MR) is 72.6 cm³/mol. The molecule has 0 spiro atoms. The lowest BCUT2D eigenvalue weighted by Crippen LogP contribution is -2.27. The second-order valence-corrected chi connectivity index (χ2v) is 4.38. The number of aromatic hydroxyl groups is 1. The number of phenolic OH excluding ortho intramolecular Hbond substituents is 1. The molecular formula is C16H18O2. The Hall–Kier alpha value is -1.80. The van der Waals surface area contributed by atoms with Crippen LogP contribution in [0.1, 0.15) is 25.0 Å². The number of benzene rings is 2. The van der Waals surface area contributed by atoms with Crippen molar-refractivity contribution in [2.24, 2.45) is 0 Å². The van der Waals surface area contributed by atoms with Gasteiger partial charge in [0.15, 0.2) is 0 Å². The maximum absolute atomic E-state index is 9.38. The highest BCUT2D eigenvalue weighted by atomic mass is 16.5. The number of ether oxygens (including phenoxy) is 1. The molecule has 0 aliphatic carbocycles. The molecule has 0 saturated heterocycles. The summed E-state index contributed by atoms with van der Waals surface area (Å²) in [6.45, 7) is 4.67. The van der Waals surface area contributed by atoms with E-state index < -0.39 is 5.60 Å². The topological polar surface area (TPSA) is 29.5 Å². The van der Waals surface area contributed by atoms with Crippen LogP contribution >= 0.6 is 0 Å². The van der Waals surface area contributed by atoms with E-state index in [0.29, 0.717) is 6.61 Å². The number of hydrogen-bond donors (Lipinski definition) is 1. The van der Waals surface area contributed by atoms with Crippen LogP contribution in [0.5, 0.6) is 5.75 Å². The fourth-order valence-electron chi connectivity index (χ4n) is 2.16. The van der Waals surface area contributed by atoms with Crippen LogP contribution in [0.2, 0.25) is 0 Å². The fraction of sp³-hybridized carbons (Fsp3) is 0.250. The molecule has 0 heterocycles. The van der Waals surface area contributed by atoms with E-state index in [9.17, 15) is 5.11 Å². The molecule has 18 heavy (non-hydrogen) atoms. The van der Waals surface area contributed by atoms with Crippen molar-refractivity contribution in [2.45, 2.75) is 19.4 Å². The molecular weight excluding hydrogens is 224 g/mol. The van der Waals surface area contributed by atoms with Crippen molar-refractivity contribution in [3.05, 3.63) is 65.7 Å². The van der Waals surface area contributed by atoms with E-state index in [4.69, 9.17) is 4.74 Å². The highest BCUT2D eigenvalue weighted by Gasteiger charge is 2.29. The van der Waals surface area contributed by atoms with E-state index in [1.807, 2.05) is 37.3 Å². The Morgan fingerprint density at radius 3 is 2.06 bits per heavy atom. The van der Waals surface area contributed by atoms with Crippen molar-refractivity contribution >= 4 is 0 Å². The first kappa shape index (κ1) is 12.7. The highest BCUT2D eigenvalue weighted by Crippen LogP contribution is 2.33. The van der Waals surface area contributed by atoms with Gasteiger partial charge in [0.1, 0.15) is 11.4 Å². The van der Waals surface area contributed by atoms with Gasteiger partial charge in [0.25, 0.3) is 0 Å². The summed E-state index contributed by atoms with van der Waals surface area (Å²) in [4.78, 5) is 0. The van der Waals surface area contributed by atoms with Crippen LogP contribution in [-0.2, 0) is 10.3 Å². The minimum atomic E-state index is -0.482. The summed E-state index contributed by atoms with van der Waals surface area (Å²) in [7, 11) is 0. The van der Waals surface area contributed by atoms with Gasteiger partial charge >= 0.3 is 0 Å². The monoisotopic (exact) mass is 242 g/mol. The van der Waals surface area contributed by atoms with E-state index in [2.05, 4.69) is 19.1 Å². The van der Waals surface area contributed by atoms with Crippen molar-refractivity contribution < 1.29 is 9.84 Å².